The van der Waals surface area contributed by atoms with Crippen molar-refractivity contribution in [2.45, 2.75) is 12.8 Å². The average Bonchev–Trinajstić information content (AvgIpc) is 2.95. The molecular formula is C15H21ClN4O. The van der Waals surface area contributed by atoms with Crippen molar-refractivity contribution in [2.24, 2.45) is 0 Å². The number of benzene rings is 1. The Morgan fingerprint density at radius 2 is 2.00 bits per heavy atom. The molecule has 5 nitrogen and oxygen atoms in total. The lowest BCUT2D eigenvalue weighted by molar-refractivity contribution is -0.120. The molecule has 114 valence electrons. The first-order valence-electron chi connectivity index (χ1n) is 6.80. The van der Waals surface area contributed by atoms with Crippen LogP contribution in [0.25, 0.3) is 5.69 Å². The van der Waals surface area contributed by atoms with Gasteiger partial charge in [-0.15, -0.1) is 12.4 Å². The predicted octanol–water partition coefficient (Wildman–Crippen LogP) is 1.56. The Morgan fingerprint density at radius 3 is 2.71 bits per heavy atom. The van der Waals surface area contributed by atoms with Crippen LogP contribution in [-0.4, -0.2) is 35.8 Å². The Kier molecular flexibility index (Phi) is 7.50. The third-order valence-electron chi connectivity index (χ3n) is 2.99. The van der Waals surface area contributed by atoms with E-state index in [1.165, 1.54) is 0 Å². The Hall–Kier alpha value is -1.85. The number of aromatic nitrogens is 2. The molecule has 2 aromatic rings. The van der Waals surface area contributed by atoms with Gasteiger partial charge in [0, 0.05) is 25.7 Å². The second-order valence-corrected chi connectivity index (χ2v) is 4.58. The summed E-state index contributed by atoms with van der Waals surface area (Å²) < 4.78 is 1.85. The Bertz CT molecular complexity index is 542. The SMILES string of the molecule is CNCCC(=O)NCCc1cnn(-c2ccccc2)c1.Cl. The molecule has 6 heteroatoms. The molecule has 0 saturated heterocycles. The van der Waals surface area contributed by atoms with E-state index in [9.17, 15) is 4.79 Å². The molecule has 0 atom stereocenters. The van der Waals surface area contributed by atoms with Gasteiger partial charge in [-0.25, -0.2) is 4.68 Å². The fraction of sp³-hybridized carbons (Fsp3) is 0.333. The highest BCUT2D eigenvalue weighted by Crippen LogP contribution is 2.07. The lowest BCUT2D eigenvalue weighted by atomic mass is 10.2. The maximum Gasteiger partial charge on any atom is 0.221 e. The molecule has 21 heavy (non-hydrogen) atoms. The third-order valence-corrected chi connectivity index (χ3v) is 2.99. The number of halogens is 1. The van der Waals surface area contributed by atoms with E-state index in [1.807, 2.05) is 54.5 Å². The summed E-state index contributed by atoms with van der Waals surface area (Å²) in [6, 6.07) is 9.97. The number of para-hydroxylation sites is 1. The first kappa shape index (κ1) is 17.2. The molecule has 0 saturated carbocycles. The van der Waals surface area contributed by atoms with Crippen molar-refractivity contribution in [3.05, 3.63) is 48.3 Å². The number of hydrogen-bond donors (Lipinski definition) is 2. The zero-order valence-electron chi connectivity index (χ0n) is 12.1. The van der Waals surface area contributed by atoms with Gasteiger partial charge in [0.15, 0.2) is 0 Å². The molecule has 0 aliphatic rings. The number of carbonyl (C=O) groups is 1. The molecule has 0 aliphatic carbocycles. The molecule has 1 heterocycles. The van der Waals surface area contributed by atoms with E-state index in [4.69, 9.17) is 0 Å². The lowest BCUT2D eigenvalue weighted by Crippen LogP contribution is -2.28. The van der Waals surface area contributed by atoms with Crippen molar-refractivity contribution < 1.29 is 4.79 Å². The molecule has 0 bridgehead atoms. The molecule has 0 spiro atoms. The minimum Gasteiger partial charge on any atom is -0.356 e. The molecule has 1 aromatic carbocycles. The van der Waals surface area contributed by atoms with Gasteiger partial charge in [-0.1, -0.05) is 18.2 Å². The Morgan fingerprint density at radius 1 is 1.24 bits per heavy atom. The summed E-state index contributed by atoms with van der Waals surface area (Å²) in [5.74, 6) is 0.0785. The number of rotatable bonds is 7. The number of carbonyl (C=O) groups excluding carboxylic acids is 1. The largest absolute Gasteiger partial charge is 0.356 e. The predicted molar refractivity (Wildman–Crippen MR) is 86.1 cm³/mol. The van der Waals surface area contributed by atoms with E-state index in [2.05, 4.69) is 15.7 Å². The highest BCUT2D eigenvalue weighted by molar-refractivity contribution is 5.85. The molecule has 2 N–H and O–H groups in total. The summed E-state index contributed by atoms with van der Waals surface area (Å²) in [5.41, 5.74) is 2.15. The number of nitrogens with one attached hydrogen (secondary N) is 2. The van der Waals surface area contributed by atoms with Crippen LogP contribution in [0.3, 0.4) is 0 Å². The van der Waals surface area contributed by atoms with Crippen molar-refractivity contribution in [1.82, 2.24) is 20.4 Å². The van der Waals surface area contributed by atoms with E-state index in [0.717, 1.165) is 17.7 Å². The summed E-state index contributed by atoms with van der Waals surface area (Å²) in [4.78, 5) is 11.4. The molecule has 1 amide bonds. The Labute approximate surface area is 131 Å². The maximum absolute atomic E-state index is 11.4. The monoisotopic (exact) mass is 308 g/mol. The Balaban J connectivity index is 0.00000220. The molecular weight excluding hydrogens is 288 g/mol. The van der Waals surface area contributed by atoms with Gasteiger partial charge in [0.1, 0.15) is 0 Å². The number of nitrogens with zero attached hydrogens (tertiary/aromatic N) is 2. The molecule has 0 unspecified atom stereocenters. The first-order valence-corrected chi connectivity index (χ1v) is 6.80. The van der Waals surface area contributed by atoms with E-state index >= 15 is 0 Å². The van der Waals surface area contributed by atoms with Crippen molar-refractivity contribution in [2.75, 3.05) is 20.1 Å². The second-order valence-electron chi connectivity index (χ2n) is 4.58. The van der Waals surface area contributed by atoms with Crippen molar-refractivity contribution in [3.63, 3.8) is 0 Å². The van der Waals surface area contributed by atoms with Crippen LogP contribution in [0.15, 0.2) is 42.7 Å². The normalized spacial score (nSPS) is 9.95. The summed E-state index contributed by atoms with van der Waals surface area (Å²) in [7, 11) is 1.84. The maximum atomic E-state index is 11.4. The van der Waals surface area contributed by atoms with E-state index in [-0.39, 0.29) is 18.3 Å². The van der Waals surface area contributed by atoms with Crippen LogP contribution in [0.5, 0.6) is 0 Å². The van der Waals surface area contributed by atoms with Crippen molar-refractivity contribution in [1.29, 1.82) is 0 Å². The van der Waals surface area contributed by atoms with Gasteiger partial charge < -0.3 is 10.6 Å². The van der Waals surface area contributed by atoms with Gasteiger partial charge in [-0.05, 0) is 31.2 Å². The van der Waals surface area contributed by atoms with Crippen molar-refractivity contribution >= 4 is 18.3 Å². The highest BCUT2D eigenvalue weighted by Gasteiger charge is 2.02. The number of hydrogen-bond acceptors (Lipinski definition) is 3. The zero-order valence-corrected chi connectivity index (χ0v) is 12.9. The third kappa shape index (κ3) is 5.57. The van der Waals surface area contributed by atoms with Crippen LogP contribution >= 0.6 is 12.4 Å². The van der Waals surface area contributed by atoms with Crippen LogP contribution in [0.2, 0.25) is 0 Å². The van der Waals surface area contributed by atoms with E-state index in [0.29, 0.717) is 19.5 Å². The fourth-order valence-corrected chi connectivity index (χ4v) is 1.88. The van der Waals surface area contributed by atoms with Crippen molar-refractivity contribution in [3.8, 4) is 5.69 Å². The smallest absolute Gasteiger partial charge is 0.221 e. The second kappa shape index (κ2) is 9.15. The number of amides is 1. The summed E-state index contributed by atoms with van der Waals surface area (Å²) in [5, 5.41) is 10.2. The summed E-state index contributed by atoms with van der Waals surface area (Å²) in [6.07, 6.45) is 5.14. The van der Waals surface area contributed by atoms with Gasteiger partial charge in [0.25, 0.3) is 0 Å². The summed E-state index contributed by atoms with van der Waals surface area (Å²) >= 11 is 0. The quantitative estimate of drug-likeness (QED) is 0.816. The average molecular weight is 309 g/mol. The first-order chi connectivity index (χ1) is 9.79. The standard InChI is InChI=1S/C15H20N4O.ClH/c1-16-9-8-15(20)17-10-7-13-11-18-19(12-13)14-5-3-2-4-6-14;/h2-6,11-12,16H,7-10H2,1H3,(H,17,20);1H. The van der Waals surface area contributed by atoms with Crippen LogP contribution in [0.1, 0.15) is 12.0 Å². The van der Waals surface area contributed by atoms with Crippen LogP contribution in [-0.2, 0) is 11.2 Å². The highest BCUT2D eigenvalue weighted by atomic mass is 35.5. The molecule has 0 fully saturated rings. The van der Waals surface area contributed by atoms with Crippen LogP contribution < -0.4 is 10.6 Å². The van der Waals surface area contributed by atoms with Gasteiger partial charge in [0.05, 0.1) is 11.9 Å². The molecule has 0 aliphatic heterocycles. The van der Waals surface area contributed by atoms with Gasteiger partial charge in [0.2, 0.25) is 5.91 Å². The van der Waals surface area contributed by atoms with Gasteiger partial charge in [-0.3, -0.25) is 4.79 Å². The van der Waals surface area contributed by atoms with E-state index < -0.39 is 0 Å². The van der Waals surface area contributed by atoms with Crippen LogP contribution in [0.4, 0.5) is 0 Å². The minimum atomic E-state index is 0. The fourth-order valence-electron chi connectivity index (χ4n) is 1.88. The molecule has 1 aromatic heterocycles. The zero-order chi connectivity index (χ0) is 14.2. The summed E-state index contributed by atoms with van der Waals surface area (Å²) in [6.45, 7) is 1.35. The van der Waals surface area contributed by atoms with E-state index in [1.54, 1.807) is 0 Å². The van der Waals surface area contributed by atoms with Crippen LogP contribution in [0, 0.1) is 0 Å². The van der Waals surface area contributed by atoms with Gasteiger partial charge >= 0.3 is 0 Å². The van der Waals surface area contributed by atoms with Gasteiger partial charge in [-0.2, -0.15) is 5.10 Å². The molecule has 0 radical (unpaired) electrons. The topological polar surface area (TPSA) is 59.0 Å². The minimum absolute atomic E-state index is 0. The molecule has 2 rings (SSSR count). The lowest BCUT2D eigenvalue weighted by Gasteiger charge is -2.03.